The molecule has 0 saturated carbocycles. The van der Waals surface area contributed by atoms with Crippen LogP contribution in [0.2, 0.25) is 5.02 Å². The van der Waals surface area contributed by atoms with Crippen molar-refractivity contribution in [3.63, 3.8) is 0 Å². The summed E-state index contributed by atoms with van der Waals surface area (Å²) in [5.74, 6) is -0.290. The zero-order valence-corrected chi connectivity index (χ0v) is 33.1. The Morgan fingerprint density at radius 1 is 1.25 bits per heavy atom. The molecule has 3 atom stereocenters. The zero-order chi connectivity index (χ0) is 36.0. The number of nitrogen functional groups attached to an aromatic ring is 1. The molecule has 16 heteroatoms. The average molecular weight is 927 g/mol. The number of pyridine rings is 1. The number of alkyl halides is 1. The molecule has 0 amide bonds. The van der Waals surface area contributed by atoms with Crippen molar-refractivity contribution in [1.82, 2.24) is 19.9 Å². The van der Waals surface area contributed by atoms with Crippen molar-refractivity contribution in [1.29, 1.82) is 5.26 Å². The number of hydrogen-bond acceptors (Lipinski definition) is 11. The maximum absolute atomic E-state index is 16.7. The summed E-state index contributed by atoms with van der Waals surface area (Å²) in [6.45, 7) is 4.37. The Balaban J connectivity index is 0.000000389. The van der Waals surface area contributed by atoms with Gasteiger partial charge in [-0.25, -0.2) is 8.78 Å². The molecule has 2 unspecified atom stereocenters. The van der Waals surface area contributed by atoms with Crippen LogP contribution in [-0.4, -0.2) is 95.0 Å². The standard InChI is InChI=1S/C28H19ClF2N7O2S.C7H12FN.Pb/c1-12(13-5-4-8-35-26(13)34-2)38-9-10-40-23-19-22(36-28(39-3)37-27(19)38)21(31)18(20(23)29)14-6-7-16(30)24-17(14)15(11-32)25(33)41-24;8-6-4-7-2-1-3-9(7)5-6;/h2,4-8,12H,9-10,33H2,1,3H3;6-7H,1-5H2;/t12-;;/m1../s1. The van der Waals surface area contributed by atoms with Crippen molar-refractivity contribution in [2.45, 2.75) is 44.4 Å². The molecule has 2 N–H and O–H groups in total. The van der Waals surface area contributed by atoms with Gasteiger partial charge in [0.1, 0.15) is 23.1 Å². The number of hydrogen-bond donors (Lipinski definition) is 1. The van der Waals surface area contributed by atoms with Crippen LogP contribution in [0, 0.1) is 23.0 Å². The number of aliphatic imine (C=N–C) groups is 1. The molecular weight excluding hydrogens is 896 g/mol. The van der Waals surface area contributed by atoms with E-state index in [-0.39, 0.29) is 72.1 Å². The first-order valence-electron chi connectivity index (χ1n) is 16.3. The number of rotatable bonds is 5. The van der Waals surface area contributed by atoms with E-state index >= 15 is 4.39 Å². The summed E-state index contributed by atoms with van der Waals surface area (Å²) in [6.07, 6.45) is 4.49. The number of benzene rings is 2. The first-order chi connectivity index (χ1) is 24.7. The molecule has 0 aliphatic carbocycles. The summed E-state index contributed by atoms with van der Waals surface area (Å²) in [5, 5.41) is 10.3. The fraction of sp³-hybridized carbons (Fsp3) is 0.343. The number of ether oxygens (including phenoxy) is 2. The van der Waals surface area contributed by atoms with Crippen molar-refractivity contribution in [2.75, 3.05) is 44.0 Å². The third-order valence-electron chi connectivity index (χ3n) is 9.56. The van der Waals surface area contributed by atoms with Crippen molar-refractivity contribution in [2.24, 2.45) is 4.99 Å². The predicted octanol–water partition coefficient (Wildman–Crippen LogP) is 7.28. The van der Waals surface area contributed by atoms with E-state index in [9.17, 15) is 14.0 Å². The van der Waals surface area contributed by atoms with Crippen LogP contribution in [0.5, 0.6) is 11.8 Å². The number of nitrogens with zero attached hydrogens (tertiary/aromatic N) is 7. The van der Waals surface area contributed by atoms with Gasteiger partial charge >= 0.3 is 193 Å². The fourth-order valence-corrected chi connectivity index (χ4v) is 9.00. The maximum Gasteiger partial charge on any atom is 0.114 e. The second-order valence-electron chi connectivity index (χ2n) is 12.4. The van der Waals surface area contributed by atoms with Gasteiger partial charge in [0.2, 0.25) is 0 Å². The smallest absolute Gasteiger partial charge is 0.114 e. The van der Waals surface area contributed by atoms with Gasteiger partial charge in [-0.05, 0) is 31.9 Å². The van der Waals surface area contributed by atoms with Crippen LogP contribution in [0.15, 0.2) is 35.5 Å². The van der Waals surface area contributed by atoms with E-state index in [1.54, 1.807) is 9.97 Å². The summed E-state index contributed by atoms with van der Waals surface area (Å²) in [7, 11) is 1.39. The number of aromatic nitrogens is 3. The van der Waals surface area contributed by atoms with Gasteiger partial charge in [-0.15, -0.1) is 11.3 Å². The number of halogens is 4. The number of nitrogens with two attached hydrogens (primary N) is 1. The summed E-state index contributed by atoms with van der Waals surface area (Å²) in [5.41, 5.74) is 6.91. The van der Waals surface area contributed by atoms with E-state index in [4.69, 9.17) is 26.8 Å². The molecule has 8 rings (SSSR count). The van der Waals surface area contributed by atoms with Crippen molar-refractivity contribution < 1.29 is 22.6 Å². The minimum atomic E-state index is -0.803. The Bertz CT molecular complexity index is 2220. The Kier molecular flexibility index (Phi) is 10.3. The first-order valence-corrected chi connectivity index (χ1v) is 19.7. The van der Waals surface area contributed by atoms with Crippen LogP contribution in [0.25, 0.3) is 32.1 Å². The zero-order valence-electron chi connectivity index (χ0n) is 27.6. The molecule has 3 aliphatic rings. The molecule has 0 spiro atoms. The molecule has 10 nitrogen and oxygen atoms in total. The van der Waals surface area contributed by atoms with Crippen molar-refractivity contribution in [3.05, 3.63) is 58.2 Å². The number of fused-ring (bicyclic) bond motifs is 2. The number of thiophene rings is 1. The van der Waals surface area contributed by atoms with Crippen molar-refractivity contribution >= 4 is 90.1 Å². The number of methoxy groups -OCH3 is 1. The Labute approximate surface area is 316 Å². The minimum Gasteiger partial charge on any atom is -0.297 e. The van der Waals surface area contributed by atoms with Crippen LogP contribution in [0.1, 0.15) is 43.4 Å². The summed E-state index contributed by atoms with van der Waals surface area (Å²) >= 11 is 8.61. The van der Waals surface area contributed by atoms with Gasteiger partial charge in [-0.3, -0.25) is 4.90 Å². The van der Waals surface area contributed by atoms with Crippen LogP contribution in [-0.2, 0) is 0 Å². The fourth-order valence-electron chi connectivity index (χ4n) is 7.24. The Morgan fingerprint density at radius 2 is 2.08 bits per heavy atom. The van der Waals surface area contributed by atoms with Gasteiger partial charge < -0.3 is 5.73 Å². The van der Waals surface area contributed by atoms with Gasteiger partial charge in [0, 0.05) is 18.0 Å². The molecule has 2 saturated heterocycles. The monoisotopic (exact) mass is 927 g/mol. The van der Waals surface area contributed by atoms with E-state index in [0.29, 0.717) is 30.8 Å². The van der Waals surface area contributed by atoms with Crippen LogP contribution in [0.3, 0.4) is 0 Å². The summed E-state index contributed by atoms with van der Waals surface area (Å²) in [6, 6.07) is 8.57. The first kappa shape index (κ1) is 35.6. The SMILES string of the molecule is COc1nc2c3c(c(Cl)c(-c4ccc(F)c5sc(N)c(C#N)c45)c(F)c3n1)OCCN2[C@H](C)c1cccnc1/N=[CH]\[Pb].FC1CC2CCCN2C1. The Morgan fingerprint density at radius 3 is 2.82 bits per heavy atom. The number of nitriles is 1. The minimum absolute atomic E-state index is 0.0393. The molecule has 261 valence electrons. The van der Waals surface area contributed by atoms with E-state index in [1.807, 2.05) is 30.0 Å². The molecule has 3 aliphatic heterocycles. The topological polar surface area (TPSA) is 126 Å². The third-order valence-corrected chi connectivity index (χ3v) is 11.4. The van der Waals surface area contributed by atoms with Gasteiger partial charge in [-0.1, -0.05) is 6.07 Å². The Hall–Kier alpha value is -3.79. The van der Waals surface area contributed by atoms with Gasteiger partial charge in [0.05, 0.1) is 10.3 Å². The average Bonchev–Trinajstić information content (AvgIpc) is 3.77. The maximum atomic E-state index is 16.7. The molecule has 2 aromatic carbocycles. The molecule has 5 aromatic rings. The van der Waals surface area contributed by atoms with Crippen molar-refractivity contribution in [3.8, 4) is 29.0 Å². The van der Waals surface area contributed by atoms with E-state index in [0.717, 1.165) is 55.6 Å². The molecule has 51 heavy (non-hydrogen) atoms. The van der Waals surface area contributed by atoms with Crippen LogP contribution < -0.4 is 20.1 Å². The van der Waals surface area contributed by atoms with E-state index in [2.05, 4.69) is 24.8 Å². The second-order valence-corrected chi connectivity index (χ2v) is 14.8. The third kappa shape index (κ3) is 6.36. The second kappa shape index (κ2) is 14.7. The van der Waals surface area contributed by atoms with Gasteiger partial charge in [0.15, 0.2) is 0 Å². The summed E-state index contributed by atoms with van der Waals surface area (Å²) in [4.78, 5) is 22.1. The molecular formula is C35H31ClF3N8O2PbS. The molecule has 3 radical (unpaired) electrons. The van der Waals surface area contributed by atoms with E-state index in [1.165, 1.54) is 32.1 Å². The van der Waals surface area contributed by atoms with Crippen LogP contribution in [0.4, 0.5) is 29.8 Å². The largest absolute Gasteiger partial charge is 0.297 e. The quantitative estimate of drug-likeness (QED) is 0.143. The normalized spacial score (nSPS) is 19.1. The van der Waals surface area contributed by atoms with E-state index < -0.39 is 17.8 Å². The number of anilines is 2. The molecule has 3 aromatic heterocycles. The molecule has 2 fully saturated rings. The predicted molar refractivity (Wildman–Crippen MR) is 194 cm³/mol. The summed E-state index contributed by atoms with van der Waals surface area (Å²) < 4.78 is 57.6. The molecule has 0 bridgehead atoms. The molecule has 6 heterocycles. The van der Waals surface area contributed by atoms with Gasteiger partial charge in [0.25, 0.3) is 0 Å². The van der Waals surface area contributed by atoms with Gasteiger partial charge in [-0.2, -0.15) is 5.26 Å². The van der Waals surface area contributed by atoms with Crippen LogP contribution >= 0.6 is 22.9 Å².